The van der Waals surface area contributed by atoms with Gasteiger partial charge in [0.05, 0.1) is 23.5 Å². The maximum absolute atomic E-state index is 12.9. The van der Waals surface area contributed by atoms with Gasteiger partial charge in [-0.3, -0.25) is 15.0 Å². The summed E-state index contributed by atoms with van der Waals surface area (Å²) in [5, 5.41) is 42.2. The molecular formula is C21H17N5O6. The molecule has 162 valence electrons. The third kappa shape index (κ3) is 3.63. The average molecular weight is 435 g/mol. The number of nitrogens with zero attached hydrogens (tertiary/aromatic N) is 1. The number of anilines is 2. The molecule has 1 aliphatic rings. The zero-order valence-corrected chi connectivity index (χ0v) is 16.3. The Kier molecular flexibility index (Phi) is 5.50. The molecule has 11 heteroatoms. The van der Waals surface area contributed by atoms with Gasteiger partial charge in [0.2, 0.25) is 0 Å². The van der Waals surface area contributed by atoms with Crippen LogP contribution in [0.5, 0.6) is 0 Å². The number of fused-ring (bicyclic) bond motifs is 2. The van der Waals surface area contributed by atoms with E-state index in [2.05, 4.69) is 10.5 Å². The topological polar surface area (TPSA) is 180 Å². The molecule has 11 nitrogen and oxygen atoms in total. The fraction of sp³-hybridized carbons (Fsp3) is 0. The van der Waals surface area contributed by atoms with E-state index in [1.165, 1.54) is 30.5 Å². The van der Waals surface area contributed by atoms with Crippen molar-refractivity contribution in [1.29, 1.82) is 0 Å². The van der Waals surface area contributed by atoms with E-state index in [0.29, 0.717) is 11.1 Å². The molecule has 7 N–H and O–H groups in total. The molecule has 3 aromatic rings. The molecule has 2 atom stereocenters. The third-order valence-corrected chi connectivity index (χ3v) is 5.05. The van der Waals surface area contributed by atoms with Crippen LogP contribution in [0.15, 0.2) is 59.7 Å². The van der Waals surface area contributed by atoms with Crippen molar-refractivity contribution in [2.24, 2.45) is 5.10 Å². The average Bonchev–Trinajstić information content (AvgIpc) is 2.78. The van der Waals surface area contributed by atoms with Gasteiger partial charge in [0.25, 0.3) is 0 Å². The van der Waals surface area contributed by atoms with E-state index in [4.69, 9.17) is 10.9 Å². The van der Waals surface area contributed by atoms with Crippen molar-refractivity contribution in [2.45, 2.75) is 0 Å². The van der Waals surface area contributed by atoms with Gasteiger partial charge in [0.1, 0.15) is 5.69 Å². The van der Waals surface area contributed by atoms with E-state index in [-0.39, 0.29) is 51.0 Å². The molecule has 0 spiro atoms. The van der Waals surface area contributed by atoms with Gasteiger partial charge in [-0.05, 0) is 12.1 Å². The molecule has 3 aromatic carbocycles. The van der Waals surface area contributed by atoms with Crippen LogP contribution in [0, 0.1) is 10.4 Å². The molecule has 0 saturated carbocycles. The zero-order chi connectivity index (χ0) is 23.0. The molecule has 4 rings (SSSR count). The lowest BCUT2D eigenvalue weighted by Crippen LogP contribution is -3.00. The minimum absolute atomic E-state index is 0.0652. The van der Waals surface area contributed by atoms with Gasteiger partial charge < -0.3 is 16.1 Å². The summed E-state index contributed by atoms with van der Waals surface area (Å²) in [6.07, 6.45) is 1.28. The molecule has 2 unspecified atom stereocenters. The first-order chi connectivity index (χ1) is 15.3. The van der Waals surface area contributed by atoms with Crippen molar-refractivity contribution in [3.05, 3.63) is 92.8 Å². The standard InChI is InChI=1S/C21H17N5O6/c22-19-11(10-23-24-16-8-6-12(25(29)30)9-17(16)26(31)32)5-7-15-18(19)21(28)14-4-2-1-3-13(14)20(15)27/h1-10,24-26,29,31H,22H2. The maximum Gasteiger partial charge on any atom is 0.196 e. The van der Waals surface area contributed by atoms with Gasteiger partial charge in [-0.25, -0.2) is 10.4 Å². The van der Waals surface area contributed by atoms with E-state index < -0.39 is 10.5 Å². The number of carbonyl (C=O) groups is 2. The van der Waals surface area contributed by atoms with Crippen LogP contribution in [-0.2, 0) is 0 Å². The molecule has 0 aromatic heterocycles. The van der Waals surface area contributed by atoms with E-state index in [1.54, 1.807) is 24.3 Å². The Hall–Kier alpha value is -3.97. The Labute approximate surface area is 180 Å². The van der Waals surface area contributed by atoms with Crippen molar-refractivity contribution < 1.29 is 30.5 Å². The first-order valence-corrected chi connectivity index (χ1v) is 9.30. The molecule has 0 radical (unpaired) electrons. The number of nitrogens with two attached hydrogens (primary N) is 1. The van der Waals surface area contributed by atoms with Gasteiger partial charge in [-0.2, -0.15) is 15.6 Å². The SMILES string of the molecule is Nc1c(C=NNc2ccc([NH+]([O-])O)cc2[NH+]([O-])O)ccc2c1C(=O)c1ccccc1C2=O. The summed E-state index contributed by atoms with van der Waals surface area (Å²) < 4.78 is 0. The molecule has 0 bridgehead atoms. The second-order valence-corrected chi connectivity index (χ2v) is 6.94. The van der Waals surface area contributed by atoms with Crippen LogP contribution in [0.1, 0.15) is 37.4 Å². The minimum Gasteiger partial charge on any atom is -0.595 e. The Morgan fingerprint density at radius 2 is 1.59 bits per heavy atom. The molecular weight excluding hydrogens is 418 g/mol. The lowest BCUT2D eigenvalue weighted by molar-refractivity contribution is -0.996. The summed E-state index contributed by atoms with van der Waals surface area (Å²) in [4.78, 5) is 25.7. The largest absolute Gasteiger partial charge is 0.595 e. The van der Waals surface area contributed by atoms with E-state index in [9.17, 15) is 25.2 Å². The van der Waals surface area contributed by atoms with Crippen LogP contribution in [0.4, 0.5) is 22.7 Å². The van der Waals surface area contributed by atoms with Gasteiger partial charge in [0, 0.05) is 28.3 Å². The predicted octanol–water partition coefficient (Wildman–Crippen LogP) is 0.297. The number of hydrogen-bond donors (Lipinski definition) is 6. The van der Waals surface area contributed by atoms with E-state index in [1.807, 2.05) is 0 Å². The summed E-state index contributed by atoms with van der Waals surface area (Å²) in [5.74, 6) is -0.665. The monoisotopic (exact) mass is 435 g/mol. The summed E-state index contributed by atoms with van der Waals surface area (Å²) in [7, 11) is 0. The number of ketones is 2. The quantitative estimate of drug-likeness (QED) is 0.147. The van der Waals surface area contributed by atoms with Gasteiger partial charge in [-0.15, -0.1) is 0 Å². The number of quaternary nitrogens is 2. The zero-order valence-electron chi connectivity index (χ0n) is 16.3. The van der Waals surface area contributed by atoms with Crippen LogP contribution >= 0.6 is 0 Å². The van der Waals surface area contributed by atoms with Crippen LogP contribution in [0.2, 0.25) is 0 Å². The number of hydrogen-bond acceptors (Lipinski definition) is 9. The first kappa shape index (κ1) is 21.3. The number of carbonyl (C=O) groups excluding carboxylic acids is 2. The smallest absolute Gasteiger partial charge is 0.196 e. The first-order valence-electron chi connectivity index (χ1n) is 9.30. The highest BCUT2D eigenvalue weighted by Crippen LogP contribution is 2.32. The van der Waals surface area contributed by atoms with Crippen molar-refractivity contribution in [3.8, 4) is 0 Å². The fourth-order valence-corrected chi connectivity index (χ4v) is 3.46. The Morgan fingerprint density at radius 3 is 2.25 bits per heavy atom. The maximum atomic E-state index is 12.9. The summed E-state index contributed by atoms with van der Waals surface area (Å²) in [6.45, 7) is 0. The second kappa shape index (κ2) is 8.28. The van der Waals surface area contributed by atoms with Crippen LogP contribution < -0.4 is 21.6 Å². The highest BCUT2D eigenvalue weighted by molar-refractivity contribution is 6.30. The van der Waals surface area contributed by atoms with E-state index >= 15 is 0 Å². The normalized spacial score (nSPS) is 14.8. The number of rotatable bonds is 5. The summed E-state index contributed by atoms with van der Waals surface area (Å²) in [6, 6.07) is 13.0. The lowest BCUT2D eigenvalue weighted by atomic mass is 9.82. The molecule has 0 heterocycles. The van der Waals surface area contributed by atoms with E-state index in [0.717, 1.165) is 6.07 Å². The van der Waals surface area contributed by atoms with Gasteiger partial charge in [-0.1, -0.05) is 30.3 Å². The fourth-order valence-electron chi connectivity index (χ4n) is 3.46. The number of hydrazone groups is 1. The third-order valence-electron chi connectivity index (χ3n) is 5.05. The molecule has 0 fully saturated rings. The lowest BCUT2D eigenvalue weighted by Gasteiger charge is -2.19. The summed E-state index contributed by atoms with van der Waals surface area (Å²) >= 11 is 0. The van der Waals surface area contributed by atoms with Gasteiger partial charge >= 0.3 is 0 Å². The number of nitrogen functional groups attached to an aromatic ring is 1. The molecule has 32 heavy (non-hydrogen) atoms. The van der Waals surface area contributed by atoms with Crippen molar-refractivity contribution in [3.63, 3.8) is 0 Å². The Morgan fingerprint density at radius 1 is 0.906 bits per heavy atom. The van der Waals surface area contributed by atoms with Gasteiger partial charge in [0.15, 0.2) is 22.9 Å². The Balaban J connectivity index is 1.65. The minimum atomic E-state index is -1.33. The van der Waals surface area contributed by atoms with Crippen molar-refractivity contribution >= 4 is 40.5 Å². The predicted molar refractivity (Wildman–Crippen MR) is 113 cm³/mol. The molecule has 0 amide bonds. The number of benzene rings is 3. The highest BCUT2D eigenvalue weighted by Gasteiger charge is 2.31. The molecule has 1 aliphatic carbocycles. The van der Waals surface area contributed by atoms with Crippen LogP contribution in [-0.4, -0.2) is 28.2 Å². The molecule has 0 saturated heterocycles. The van der Waals surface area contributed by atoms with Crippen molar-refractivity contribution in [2.75, 3.05) is 11.2 Å². The Bertz CT molecular complexity index is 1270. The van der Waals surface area contributed by atoms with Crippen molar-refractivity contribution in [1.82, 2.24) is 0 Å². The second-order valence-electron chi connectivity index (χ2n) is 6.94. The summed E-state index contributed by atoms with van der Waals surface area (Å²) in [5.41, 5.74) is 9.62. The number of nitrogens with one attached hydrogen (secondary N) is 3. The van der Waals surface area contributed by atoms with Crippen LogP contribution in [0.25, 0.3) is 0 Å². The molecule has 0 aliphatic heterocycles. The van der Waals surface area contributed by atoms with Crippen LogP contribution in [0.3, 0.4) is 0 Å². The highest BCUT2D eigenvalue weighted by atomic mass is 16.8.